The molecule has 7 nitrogen and oxygen atoms in total. The van der Waals surface area contributed by atoms with Crippen molar-refractivity contribution in [1.82, 2.24) is 24.5 Å². The summed E-state index contributed by atoms with van der Waals surface area (Å²) in [5.41, 5.74) is 7.61. The fourth-order valence-corrected chi connectivity index (χ4v) is 5.14. The van der Waals surface area contributed by atoms with Crippen molar-refractivity contribution in [3.05, 3.63) is 84.1 Å². The second kappa shape index (κ2) is 9.07. The van der Waals surface area contributed by atoms with E-state index in [1.54, 1.807) is 6.20 Å². The van der Waals surface area contributed by atoms with Crippen LogP contribution in [0.25, 0.3) is 22.2 Å². The van der Waals surface area contributed by atoms with E-state index in [1.165, 1.54) is 5.57 Å². The summed E-state index contributed by atoms with van der Waals surface area (Å²) in [4.78, 5) is 24.2. The second-order valence-electron chi connectivity index (χ2n) is 9.46. The van der Waals surface area contributed by atoms with Gasteiger partial charge in [0, 0.05) is 41.2 Å². The Morgan fingerprint density at radius 2 is 1.94 bits per heavy atom. The van der Waals surface area contributed by atoms with E-state index in [-0.39, 0.29) is 11.8 Å². The number of hydrogen-bond donors (Lipinski definition) is 1. The Morgan fingerprint density at radius 3 is 2.77 bits per heavy atom. The summed E-state index contributed by atoms with van der Waals surface area (Å²) in [6, 6.07) is 12.3. The molecule has 4 aromatic rings. The molecule has 0 radical (unpaired) electrons. The van der Waals surface area contributed by atoms with E-state index in [0.29, 0.717) is 5.82 Å². The van der Waals surface area contributed by atoms with Crippen LogP contribution in [-0.2, 0) is 11.2 Å². The number of allylic oxidation sites excluding steroid dienone is 1. The molecule has 0 unspecified atom stereocenters. The molecule has 1 N–H and O–H groups in total. The molecule has 4 aromatic heterocycles. The summed E-state index contributed by atoms with van der Waals surface area (Å²) in [5.74, 6) is 0.807. The normalized spacial score (nSPS) is 16.7. The topological polar surface area (TPSA) is 75.4 Å². The van der Waals surface area contributed by atoms with E-state index < -0.39 is 0 Å². The number of fused-ring (bicyclic) bond motifs is 2. The third kappa shape index (κ3) is 4.23. The molecular formula is C28H28N6O. The SMILES string of the molecule is CN1CCC(C(=O)Nc2ccc3c(n2)CCC=C3c2ccn3ncc(-c4cccnc4)c3c2)CC1. The number of amides is 1. The van der Waals surface area contributed by atoms with Crippen molar-refractivity contribution >= 4 is 22.8 Å². The van der Waals surface area contributed by atoms with Crippen molar-refractivity contribution in [2.75, 3.05) is 25.5 Å². The third-order valence-electron chi connectivity index (χ3n) is 7.14. The molecule has 0 bridgehead atoms. The molecular weight excluding hydrogens is 436 g/mol. The summed E-state index contributed by atoms with van der Waals surface area (Å²) < 4.78 is 1.90. The molecule has 1 aliphatic carbocycles. The first-order valence-electron chi connectivity index (χ1n) is 12.2. The molecule has 6 rings (SSSR count). The van der Waals surface area contributed by atoms with Gasteiger partial charge in [0.15, 0.2) is 0 Å². The fourth-order valence-electron chi connectivity index (χ4n) is 5.14. The van der Waals surface area contributed by atoms with Crippen molar-refractivity contribution in [2.24, 2.45) is 5.92 Å². The molecule has 7 heteroatoms. The average Bonchev–Trinajstić information content (AvgIpc) is 3.32. The standard InChI is InChI=1S/C28H28N6O/c1-33-13-9-19(10-14-33)28(35)32-27-8-7-23-22(5-2-6-25(23)31-27)20-11-15-34-26(16-20)24(18-30-34)21-4-3-12-29-17-21/h3-5,7-8,11-12,15-19H,2,6,9-10,13-14H2,1H3,(H,31,32,35). The number of piperidine rings is 1. The van der Waals surface area contributed by atoms with E-state index in [4.69, 9.17) is 4.98 Å². The number of anilines is 1. The van der Waals surface area contributed by atoms with E-state index in [9.17, 15) is 4.79 Å². The highest BCUT2D eigenvalue weighted by molar-refractivity contribution is 5.92. The van der Waals surface area contributed by atoms with Gasteiger partial charge in [0.1, 0.15) is 5.82 Å². The first kappa shape index (κ1) is 21.7. The number of hydrogen-bond acceptors (Lipinski definition) is 5. The molecule has 0 aromatic carbocycles. The lowest BCUT2D eigenvalue weighted by Crippen LogP contribution is -2.36. The van der Waals surface area contributed by atoms with Crippen LogP contribution < -0.4 is 5.32 Å². The molecule has 1 saturated heterocycles. The Kier molecular flexibility index (Phi) is 5.62. The van der Waals surface area contributed by atoms with Crippen LogP contribution in [0.15, 0.2) is 67.3 Å². The zero-order valence-electron chi connectivity index (χ0n) is 19.8. The minimum Gasteiger partial charge on any atom is -0.310 e. The molecule has 176 valence electrons. The van der Waals surface area contributed by atoms with Crippen molar-refractivity contribution < 1.29 is 4.79 Å². The first-order chi connectivity index (χ1) is 17.2. The van der Waals surface area contributed by atoms with Gasteiger partial charge in [0.2, 0.25) is 5.91 Å². The molecule has 1 aliphatic heterocycles. The summed E-state index contributed by atoms with van der Waals surface area (Å²) >= 11 is 0. The van der Waals surface area contributed by atoms with Crippen LogP contribution in [0.4, 0.5) is 5.82 Å². The largest absolute Gasteiger partial charge is 0.310 e. The first-order valence-corrected chi connectivity index (χ1v) is 12.2. The molecule has 0 atom stereocenters. The maximum atomic E-state index is 12.8. The van der Waals surface area contributed by atoms with Gasteiger partial charge in [-0.1, -0.05) is 12.1 Å². The minimum absolute atomic E-state index is 0.0656. The predicted octanol–water partition coefficient (Wildman–Crippen LogP) is 4.45. The number of aromatic nitrogens is 4. The monoisotopic (exact) mass is 464 g/mol. The van der Waals surface area contributed by atoms with Gasteiger partial charge in [-0.25, -0.2) is 9.50 Å². The van der Waals surface area contributed by atoms with E-state index in [0.717, 1.165) is 72.2 Å². The van der Waals surface area contributed by atoms with Crippen molar-refractivity contribution in [1.29, 1.82) is 0 Å². The third-order valence-corrected chi connectivity index (χ3v) is 7.14. The van der Waals surface area contributed by atoms with Crippen LogP contribution in [0.2, 0.25) is 0 Å². The summed E-state index contributed by atoms with van der Waals surface area (Å²) in [6.45, 7) is 1.93. The fraction of sp³-hybridized carbons (Fsp3) is 0.286. The number of carbonyl (C=O) groups excluding carboxylic acids is 1. The predicted molar refractivity (Wildman–Crippen MR) is 137 cm³/mol. The Morgan fingerprint density at radius 1 is 1.06 bits per heavy atom. The van der Waals surface area contributed by atoms with Crippen LogP contribution in [0.5, 0.6) is 0 Å². The molecule has 2 aliphatic rings. The minimum atomic E-state index is 0.0656. The van der Waals surface area contributed by atoms with Crippen LogP contribution in [0, 0.1) is 5.92 Å². The quantitative estimate of drug-likeness (QED) is 0.483. The molecule has 0 saturated carbocycles. The number of pyridine rings is 3. The van der Waals surface area contributed by atoms with Gasteiger partial charge in [-0.15, -0.1) is 0 Å². The van der Waals surface area contributed by atoms with Gasteiger partial charge in [-0.3, -0.25) is 9.78 Å². The van der Waals surface area contributed by atoms with Crippen molar-refractivity contribution in [3.63, 3.8) is 0 Å². The molecule has 35 heavy (non-hydrogen) atoms. The van der Waals surface area contributed by atoms with Gasteiger partial charge in [0.05, 0.1) is 17.4 Å². The lowest BCUT2D eigenvalue weighted by molar-refractivity contribution is -0.121. The molecule has 5 heterocycles. The van der Waals surface area contributed by atoms with Gasteiger partial charge in [-0.2, -0.15) is 5.10 Å². The van der Waals surface area contributed by atoms with Gasteiger partial charge in [-0.05, 0) is 87.3 Å². The highest BCUT2D eigenvalue weighted by Crippen LogP contribution is 2.34. The number of nitrogens with zero attached hydrogens (tertiary/aromatic N) is 5. The number of likely N-dealkylation sites (tertiary alicyclic amines) is 1. The zero-order chi connectivity index (χ0) is 23.8. The average molecular weight is 465 g/mol. The Balaban J connectivity index is 1.27. The number of aryl methyl sites for hydroxylation is 1. The van der Waals surface area contributed by atoms with Gasteiger partial charge < -0.3 is 10.2 Å². The smallest absolute Gasteiger partial charge is 0.228 e. The lowest BCUT2D eigenvalue weighted by atomic mass is 9.90. The molecule has 0 spiro atoms. The molecule has 1 fully saturated rings. The van der Waals surface area contributed by atoms with Crippen LogP contribution in [0.3, 0.4) is 0 Å². The van der Waals surface area contributed by atoms with E-state index in [1.807, 2.05) is 35.2 Å². The van der Waals surface area contributed by atoms with Crippen LogP contribution in [-0.4, -0.2) is 50.5 Å². The summed E-state index contributed by atoms with van der Waals surface area (Å²) in [7, 11) is 2.11. The number of rotatable bonds is 4. The van der Waals surface area contributed by atoms with Crippen LogP contribution >= 0.6 is 0 Å². The lowest BCUT2D eigenvalue weighted by Gasteiger charge is -2.28. The number of carbonyl (C=O) groups is 1. The molecule has 1 amide bonds. The van der Waals surface area contributed by atoms with Gasteiger partial charge >= 0.3 is 0 Å². The van der Waals surface area contributed by atoms with E-state index in [2.05, 4.69) is 57.7 Å². The van der Waals surface area contributed by atoms with Gasteiger partial charge in [0.25, 0.3) is 0 Å². The van der Waals surface area contributed by atoms with Crippen molar-refractivity contribution in [2.45, 2.75) is 25.7 Å². The highest BCUT2D eigenvalue weighted by Gasteiger charge is 2.24. The van der Waals surface area contributed by atoms with E-state index >= 15 is 0 Å². The second-order valence-corrected chi connectivity index (χ2v) is 9.46. The maximum Gasteiger partial charge on any atom is 0.228 e. The Bertz CT molecular complexity index is 1420. The van der Waals surface area contributed by atoms with Crippen molar-refractivity contribution in [3.8, 4) is 11.1 Å². The Hall–Kier alpha value is -3.84. The summed E-state index contributed by atoms with van der Waals surface area (Å²) in [5, 5.41) is 7.59. The highest BCUT2D eigenvalue weighted by atomic mass is 16.1. The summed E-state index contributed by atoms with van der Waals surface area (Å²) in [6.07, 6.45) is 13.4. The van der Waals surface area contributed by atoms with Crippen LogP contribution in [0.1, 0.15) is 36.1 Å². The number of nitrogens with one attached hydrogen (secondary N) is 1. The maximum absolute atomic E-state index is 12.8. The Labute approximate surface area is 204 Å². The zero-order valence-corrected chi connectivity index (χ0v) is 19.8.